The number of ether oxygens (including phenoxy) is 2. The van der Waals surface area contributed by atoms with Crippen molar-refractivity contribution in [2.45, 2.75) is 32.8 Å². The van der Waals surface area contributed by atoms with Crippen molar-refractivity contribution in [3.8, 4) is 11.5 Å². The molecule has 2 aromatic rings. The van der Waals surface area contributed by atoms with Gasteiger partial charge in [-0.15, -0.1) is 0 Å². The van der Waals surface area contributed by atoms with Crippen molar-refractivity contribution in [2.24, 2.45) is 0 Å². The maximum absolute atomic E-state index is 12.4. The third-order valence-electron chi connectivity index (χ3n) is 3.89. The second-order valence-corrected chi connectivity index (χ2v) is 5.99. The lowest BCUT2D eigenvalue weighted by Gasteiger charge is -2.13. The molecule has 5 nitrogen and oxygen atoms in total. The normalized spacial score (nSPS) is 15.5. The number of hydrogen-bond donors (Lipinski definition) is 2. The zero-order valence-electron chi connectivity index (χ0n) is 14.0. The van der Waals surface area contributed by atoms with E-state index in [1.54, 1.807) is 12.1 Å². The molecule has 1 heterocycles. The number of nitrogens with two attached hydrogens (primary N) is 1. The zero-order chi connectivity index (χ0) is 17.1. The standard InChI is InChI=1S/C19H22N2O3/c1-3-23-18-10-14-7-12(2)24-17(14)11-16(18)21-19(22)9-13-5-4-6-15(20)8-13/h4-6,8,10-12H,3,7,9,20H2,1-2H3,(H,21,22). The van der Waals surface area contributed by atoms with Crippen LogP contribution in [0.5, 0.6) is 11.5 Å². The van der Waals surface area contributed by atoms with Crippen LogP contribution in [0.4, 0.5) is 11.4 Å². The molecule has 1 amide bonds. The first-order valence-electron chi connectivity index (χ1n) is 8.15. The summed E-state index contributed by atoms with van der Waals surface area (Å²) in [4.78, 5) is 12.4. The first kappa shape index (κ1) is 16.2. The van der Waals surface area contributed by atoms with E-state index in [2.05, 4.69) is 5.32 Å². The lowest BCUT2D eigenvalue weighted by atomic mass is 10.1. The molecule has 3 rings (SSSR count). The molecule has 1 aliphatic rings. The molecule has 24 heavy (non-hydrogen) atoms. The monoisotopic (exact) mass is 326 g/mol. The molecule has 5 heteroatoms. The van der Waals surface area contributed by atoms with Gasteiger partial charge >= 0.3 is 0 Å². The van der Waals surface area contributed by atoms with Crippen LogP contribution in [0.2, 0.25) is 0 Å². The maximum Gasteiger partial charge on any atom is 0.228 e. The highest BCUT2D eigenvalue weighted by Gasteiger charge is 2.22. The van der Waals surface area contributed by atoms with Crippen LogP contribution in [0.3, 0.4) is 0 Å². The van der Waals surface area contributed by atoms with Gasteiger partial charge in [0.05, 0.1) is 18.7 Å². The highest BCUT2D eigenvalue weighted by Crippen LogP contribution is 2.38. The molecule has 0 saturated carbocycles. The predicted molar refractivity (Wildman–Crippen MR) is 94.6 cm³/mol. The Morgan fingerprint density at radius 1 is 1.38 bits per heavy atom. The Hall–Kier alpha value is -2.69. The number of carbonyl (C=O) groups excluding carboxylic acids is 1. The second kappa shape index (κ2) is 6.83. The number of fused-ring (bicyclic) bond motifs is 1. The van der Waals surface area contributed by atoms with Gasteiger partial charge in [-0.3, -0.25) is 4.79 Å². The lowest BCUT2D eigenvalue weighted by molar-refractivity contribution is -0.115. The summed E-state index contributed by atoms with van der Waals surface area (Å²) >= 11 is 0. The van der Waals surface area contributed by atoms with Crippen LogP contribution in [-0.2, 0) is 17.6 Å². The molecule has 1 unspecified atom stereocenters. The summed E-state index contributed by atoms with van der Waals surface area (Å²) in [5.74, 6) is 1.37. The van der Waals surface area contributed by atoms with E-state index in [0.717, 1.165) is 23.3 Å². The summed E-state index contributed by atoms with van der Waals surface area (Å²) in [7, 11) is 0. The molecule has 0 bridgehead atoms. The van der Waals surface area contributed by atoms with E-state index in [4.69, 9.17) is 15.2 Å². The van der Waals surface area contributed by atoms with Gasteiger partial charge in [0.2, 0.25) is 5.91 Å². The van der Waals surface area contributed by atoms with Crippen LogP contribution in [0.25, 0.3) is 0 Å². The quantitative estimate of drug-likeness (QED) is 0.828. The van der Waals surface area contributed by atoms with E-state index in [1.165, 1.54) is 0 Å². The Labute approximate surface area is 141 Å². The minimum absolute atomic E-state index is 0.118. The van der Waals surface area contributed by atoms with E-state index in [-0.39, 0.29) is 18.4 Å². The Morgan fingerprint density at radius 2 is 2.21 bits per heavy atom. The molecule has 0 fully saturated rings. The number of rotatable bonds is 5. The fourth-order valence-electron chi connectivity index (χ4n) is 2.89. The van der Waals surface area contributed by atoms with Crippen molar-refractivity contribution in [1.82, 2.24) is 0 Å². The van der Waals surface area contributed by atoms with Gasteiger partial charge in [0, 0.05) is 23.7 Å². The predicted octanol–water partition coefficient (Wildman–Crippen LogP) is 3.17. The van der Waals surface area contributed by atoms with E-state index in [0.29, 0.717) is 23.7 Å². The van der Waals surface area contributed by atoms with Crippen LogP contribution in [0, 0.1) is 0 Å². The Balaban J connectivity index is 1.78. The third kappa shape index (κ3) is 3.62. The van der Waals surface area contributed by atoms with E-state index >= 15 is 0 Å². The van der Waals surface area contributed by atoms with Crippen molar-refractivity contribution in [1.29, 1.82) is 0 Å². The molecule has 0 spiro atoms. The maximum atomic E-state index is 12.4. The van der Waals surface area contributed by atoms with Crippen molar-refractivity contribution in [3.05, 3.63) is 47.5 Å². The summed E-state index contributed by atoms with van der Waals surface area (Å²) in [5.41, 5.74) is 9.03. The van der Waals surface area contributed by atoms with Gasteiger partial charge in [-0.1, -0.05) is 12.1 Å². The van der Waals surface area contributed by atoms with Crippen LogP contribution < -0.4 is 20.5 Å². The number of nitrogens with one attached hydrogen (secondary N) is 1. The first-order chi connectivity index (χ1) is 11.5. The molecule has 126 valence electrons. The Kier molecular flexibility index (Phi) is 4.60. The number of benzene rings is 2. The summed E-state index contributed by atoms with van der Waals surface area (Å²) in [6, 6.07) is 11.1. The zero-order valence-corrected chi connectivity index (χ0v) is 14.0. The molecule has 3 N–H and O–H groups in total. The van der Waals surface area contributed by atoms with Gasteiger partial charge in [0.1, 0.15) is 17.6 Å². The van der Waals surface area contributed by atoms with Crippen LogP contribution in [0.1, 0.15) is 25.0 Å². The Morgan fingerprint density at radius 3 is 2.96 bits per heavy atom. The minimum Gasteiger partial charge on any atom is -0.492 e. The summed E-state index contributed by atoms with van der Waals surface area (Å²) < 4.78 is 11.5. The number of hydrogen-bond acceptors (Lipinski definition) is 4. The average molecular weight is 326 g/mol. The van der Waals surface area contributed by atoms with Crippen LogP contribution in [-0.4, -0.2) is 18.6 Å². The molecule has 1 atom stereocenters. The first-order valence-corrected chi connectivity index (χ1v) is 8.15. The van der Waals surface area contributed by atoms with Gasteiger partial charge in [-0.25, -0.2) is 0 Å². The highest BCUT2D eigenvalue weighted by molar-refractivity contribution is 5.94. The number of nitrogen functional groups attached to an aromatic ring is 1. The molecule has 0 aromatic heterocycles. The second-order valence-electron chi connectivity index (χ2n) is 5.99. The van der Waals surface area contributed by atoms with Crippen molar-refractivity contribution < 1.29 is 14.3 Å². The number of amides is 1. The number of anilines is 2. The molecule has 0 radical (unpaired) electrons. The van der Waals surface area contributed by atoms with Crippen molar-refractivity contribution >= 4 is 17.3 Å². The molecule has 1 aliphatic heterocycles. The minimum atomic E-state index is -0.118. The van der Waals surface area contributed by atoms with E-state index in [1.807, 2.05) is 38.1 Å². The summed E-state index contributed by atoms with van der Waals surface area (Å²) in [6.07, 6.45) is 1.26. The smallest absolute Gasteiger partial charge is 0.228 e. The van der Waals surface area contributed by atoms with Gasteiger partial charge in [-0.2, -0.15) is 0 Å². The lowest BCUT2D eigenvalue weighted by Crippen LogP contribution is -2.15. The van der Waals surface area contributed by atoms with Gasteiger partial charge in [0.15, 0.2) is 0 Å². The average Bonchev–Trinajstić information content (AvgIpc) is 2.86. The van der Waals surface area contributed by atoms with Crippen LogP contribution in [0.15, 0.2) is 36.4 Å². The van der Waals surface area contributed by atoms with E-state index < -0.39 is 0 Å². The third-order valence-corrected chi connectivity index (χ3v) is 3.89. The topological polar surface area (TPSA) is 73.6 Å². The van der Waals surface area contributed by atoms with Gasteiger partial charge in [-0.05, 0) is 37.6 Å². The van der Waals surface area contributed by atoms with Gasteiger partial charge in [0.25, 0.3) is 0 Å². The van der Waals surface area contributed by atoms with Crippen LogP contribution >= 0.6 is 0 Å². The Bertz CT molecular complexity index is 758. The molecular formula is C19H22N2O3. The molecule has 0 saturated heterocycles. The van der Waals surface area contributed by atoms with Crippen molar-refractivity contribution in [3.63, 3.8) is 0 Å². The van der Waals surface area contributed by atoms with Gasteiger partial charge < -0.3 is 20.5 Å². The highest BCUT2D eigenvalue weighted by atomic mass is 16.5. The van der Waals surface area contributed by atoms with Crippen molar-refractivity contribution in [2.75, 3.05) is 17.7 Å². The molecular weight excluding hydrogens is 304 g/mol. The largest absolute Gasteiger partial charge is 0.492 e. The molecule has 0 aliphatic carbocycles. The fourth-order valence-corrected chi connectivity index (χ4v) is 2.89. The number of carbonyl (C=O) groups is 1. The SMILES string of the molecule is CCOc1cc2c(cc1NC(=O)Cc1cccc(N)c1)OC(C)C2. The summed E-state index contributed by atoms with van der Waals surface area (Å²) in [5, 5.41) is 2.92. The fraction of sp³-hybridized carbons (Fsp3) is 0.316. The molecule has 2 aromatic carbocycles. The van der Waals surface area contributed by atoms with E-state index in [9.17, 15) is 4.79 Å². The summed E-state index contributed by atoms with van der Waals surface area (Å²) in [6.45, 7) is 4.48.